The molecule has 1 aromatic heterocycles. The van der Waals surface area contributed by atoms with E-state index in [-0.39, 0.29) is 18.4 Å². The maximum absolute atomic E-state index is 12.8. The maximum Gasteiger partial charge on any atom is 0.341 e. The number of hydrogen-bond acceptors (Lipinski definition) is 6. The standard InChI is InChI=1S/C22H28N2O4S/c1-3-16(25)13-24(15-9-6-5-7-10-15)14-19(26)23-21-20(22(27)28-4-2)17-11-8-12-18(17)29-21/h5-7,9-10,16,25H,3-4,8,11-14H2,1-2H3,(H,23,26). The molecule has 1 aliphatic rings. The van der Waals surface area contributed by atoms with Crippen molar-refractivity contribution in [1.82, 2.24) is 0 Å². The topological polar surface area (TPSA) is 78.9 Å². The fraction of sp³-hybridized carbons (Fsp3) is 0.455. The zero-order valence-corrected chi connectivity index (χ0v) is 17.8. The predicted octanol–water partition coefficient (Wildman–Crippen LogP) is 3.63. The molecule has 1 heterocycles. The minimum atomic E-state index is -0.524. The van der Waals surface area contributed by atoms with Gasteiger partial charge < -0.3 is 20.1 Å². The molecule has 1 amide bonds. The number of esters is 1. The van der Waals surface area contributed by atoms with Gasteiger partial charge in [0.15, 0.2) is 0 Å². The molecule has 0 bridgehead atoms. The fourth-order valence-electron chi connectivity index (χ4n) is 3.53. The molecule has 156 valence electrons. The number of anilines is 2. The number of aliphatic hydroxyl groups excluding tert-OH is 1. The first-order chi connectivity index (χ1) is 14.0. The molecule has 7 heteroatoms. The molecule has 2 N–H and O–H groups in total. The van der Waals surface area contributed by atoms with E-state index in [1.807, 2.05) is 42.2 Å². The molecule has 1 aromatic carbocycles. The largest absolute Gasteiger partial charge is 0.462 e. The van der Waals surface area contributed by atoms with Crippen molar-refractivity contribution >= 4 is 33.9 Å². The Balaban J connectivity index is 1.77. The Kier molecular flexibility index (Phi) is 7.28. The SMILES string of the molecule is CCOC(=O)c1c(NC(=O)CN(CC(O)CC)c2ccccc2)sc2c1CCC2. The van der Waals surface area contributed by atoms with Gasteiger partial charge in [0, 0.05) is 17.1 Å². The van der Waals surface area contributed by atoms with Crippen LogP contribution in [0.2, 0.25) is 0 Å². The predicted molar refractivity (Wildman–Crippen MR) is 116 cm³/mol. The number of carbonyl (C=O) groups excluding carboxylic acids is 2. The van der Waals surface area contributed by atoms with E-state index in [4.69, 9.17) is 4.74 Å². The van der Waals surface area contributed by atoms with Crippen molar-refractivity contribution in [3.8, 4) is 0 Å². The van der Waals surface area contributed by atoms with Crippen LogP contribution in [0.4, 0.5) is 10.7 Å². The molecule has 0 saturated carbocycles. The van der Waals surface area contributed by atoms with E-state index in [0.717, 1.165) is 35.4 Å². The van der Waals surface area contributed by atoms with Crippen molar-refractivity contribution in [2.24, 2.45) is 0 Å². The monoisotopic (exact) mass is 416 g/mol. The number of amides is 1. The maximum atomic E-state index is 12.8. The van der Waals surface area contributed by atoms with Crippen LogP contribution in [0.5, 0.6) is 0 Å². The molecule has 0 spiro atoms. The Hall–Kier alpha value is -2.38. The van der Waals surface area contributed by atoms with Crippen molar-refractivity contribution in [1.29, 1.82) is 0 Å². The zero-order valence-electron chi connectivity index (χ0n) is 16.9. The van der Waals surface area contributed by atoms with Gasteiger partial charge in [0.1, 0.15) is 5.00 Å². The van der Waals surface area contributed by atoms with E-state index in [1.54, 1.807) is 6.92 Å². The number of rotatable bonds is 9. The summed E-state index contributed by atoms with van der Waals surface area (Å²) in [5, 5.41) is 13.6. The van der Waals surface area contributed by atoms with Gasteiger partial charge in [-0.25, -0.2) is 4.79 Å². The average molecular weight is 417 g/mol. The number of aliphatic hydroxyl groups is 1. The van der Waals surface area contributed by atoms with Gasteiger partial charge in [-0.15, -0.1) is 11.3 Å². The van der Waals surface area contributed by atoms with Crippen LogP contribution in [0.3, 0.4) is 0 Å². The molecule has 6 nitrogen and oxygen atoms in total. The lowest BCUT2D eigenvalue weighted by molar-refractivity contribution is -0.115. The summed E-state index contributed by atoms with van der Waals surface area (Å²) >= 11 is 1.47. The normalized spacial score (nSPS) is 13.6. The number of fused-ring (bicyclic) bond motifs is 1. The van der Waals surface area contributed by atoms with Crippen molar-refractivity contribution in [3.05, 3.63) is 46.3 Å². The Morgan fingerprint density at radius 3 is 2.69 bits per heavy atom. The minimum Gasteiger partial charge on any atom is -0.462 e. The van der Waals surface area contributed by atoms with Gasteiger partial charge in [-0.1, -0.05) is 25.1 Å². The van der Waals surface area contributed by atoms with Crippen molar-refractivity contribution in [2.45, 2.75) is 45.6 Å². The Morgan fingerprint density at radius 1 is 1.24 bits per heavy atom. The molecule has 29 heavy (non-hydrogen) atoms. The third-order valence-corrected chi connectivity index (χ3v) is 6.22. The smallest absolute Gasteiger partial charge is 0.341 e. The summed E-state index contributed by atoms with van der Waals surface area (Å²) in [7, 11) is 0. The highest BCUT2D eigenvalue weighted by Crippen LogP contribution is 2.39. The summed E-state index contributed by atoms with van der Waals surface area (Å²) in [5.41, 5.74) is 2.40. The van der Waals surface area contributed by atoms with Crippen LogP contribution in [-0.4, -0.2) is 42.8 Å². The van der Waals surface area contributed by atoms with Crippen LogP contribution < -0.4 is 10.2 Å². The van der Waals surface area contributed by atoms with E-state index in [0.29, 0.717) is 30.1 Å². The van der Waals surface area contributed by atoms with E-state index in [9.17, 15) is 14.7 Å². The first-order valence-electron chi connectivity index (χ1n) is 10.1. The number of thiophene rings is 1. The van der Waals surface area contributed by atoms with Crippen molar-refractivity contribution < 1.29 is 19.4 Å². The Morgan fingerprint density at radius 2 is 2.00 bits per heavy atom. The number of nitrogens with one attached hydrogen (secondary N) is 1. The lowest BCUT2D eigenvalue weighted by atomic mass is 10.1. The summed E-state index contributed by atoms with van der Waals surface area (Å²) in [5.74, 6) is -0.592. The highest BCUT2D eigenvalue weighted by Gasteiger charge is 2.28. The first-order valence-corrected chi connectivity index (χ1v) is 10.9. The van der Waals surface area contributed by atoms with Crippen LogP contribution >= 0.6 is 11.3 Å². The molecular weight excluding hydrogens is 388 g/mol. The summed E-state index contributed by atoms with van der Waals surface area (Å²) in [4.78, 5) is 28.3. The molecule has 0 fully saturated rings. The molecule has 0 aliphatic heterocycles. The highest BCUT2D eigenvalue weighted by molar-refractivity contribution is 7.17. The molecule has 0 saturated heterocycles. The second-order valence-electron chi connectivity index (χ2n) is 7.11. The molecule has 1 unspecified atom stereocenters. The number of carbonyl (C=O) groups is 2. The van der Waals surface area contributed by atoms with Gasteiger partial charge >= 0.3 is 5.97 Å². The van der Waals surface area contributed by atoms with Crippen LogP contribution in [0, 0.1) is 0 Å². The summed E-state index contributed by atoms with van der Waals surface area (Å²) in [6, 6.07) is 9.55. The number of ether oxygens (including phenoxy) is 1. The quantitative estimate of drug-likeness (QED) is 0.611. The average Bonchev–Trinajstić information content (AvgIpc) is 3.28. The van der Waals surface area contributed by atoms with Gasteiger partial charge in [-0.2, -0.15) is 0 Å². The first kappa shape index (κ1) is 21.3. The number of aryl methyl sites for hydroxylation is 1. The number of nitrogens with zero attached hydrogens (tertiary/aromatic N) is 1. The zero-order chi connectivity index (χ0) is 20.8. The van der Waals surface area contributed by atoms with Crippen molar-refractivity contribution in [3.63, 3.8) is 0 Å². The molecule has 1 aliphatic carbocycles. The van der Waals surface area contributed by atoms with E-state index in [2.05, 4.69) is 5.32 Å². The van der Waals surface area contributed by atoms with Crippen LogP contribution in [0.15, 0.2) is 30.3 Å². The second kappa shape index (κ2) is 9.89. The van der Waals surface area contributed by atoms with E-state index >= 15 is 0 Å². The number of benzene rings is 1. The third kappa shape index (κ3) is 5.16. The number of hydrogen-bond donors (Lipinski definition) is 2. The van der Waals surface area contributed by atoms with E-state index < -0.39 is 6.10 Å². The second-order valence-corrected chi connectivity index (χ2v) is 8.21. The van der Waals surface area contributed by atoms with Crippen LogP contribution in [-0.2, 0) is 22.4 Å². The Bertz CT molecular complexity index is 850. The van der Waals surface area contributed by atoms with Gasteiger partial charge in [-0.05, 0) is 50.3 Å². The van der Waals surface area contributed by atoms with E-state index in [1.165, 1.54) is 11.3 Å². The molecule has 3 rings (SSSR count). The summed E-state index contributed by atoms with van der Waals surface area (Å²) < 4.78 is 5.22. The van der Waals surface area contributed by atoms with Gasteiger partial charge in [0.25, 0.3) is 0 Å². The highest BCUT2D eigenvalue weighted by atomic mass is 32.1. The summed E-state index contributed by atoms with van der Waals surface area (Å²) in [6.07, 6.45) is 2.88. The lowest BCUT2D eigenvalue weighted by Crippen LogP contribution is -2.38. The molecule has 2 aromatic rings. The summed E-state index contributed by atoms with van der Waals surface area (Å²) in [6.45, 7) is 4.44. The van der Waals surface area contributed by atoms with Gasteiger partial charge in [-0.3, -0.25) is 4.79 Å². The van der Waals surface area contributed by atoms with Gasteiger partial charge in [0.05, 0.1) is 24.8 Å². The number of para-hydroxylation sites is 1. The molecule has 0 radical (unpaired) electrons. The molecular formula is C22H28N2O4S. The van der Waals surface area contributed by atoms with Crippen molar-refractivity contribution in [2.75, 3.05) is 29.9 Å². The minimum absolute atomic E-state index is 0.0892. The van der Waals surface area contributed by atoms with Crippen LogP contribution in [0.25, 0.3) is 0 Å². The molecule has 1 atom stereocenters. The third-order valence-electron chi connectivity index (χ3n) is 5.01. The van der Waals surface area contributed by atoms with Gasteiger partial charge in [0.2, 0.25) is 5.91 Å². The lowest BCUT2D eigenvalue weighted by Gasteiger charge is -2.26. The Labute approximate surface area is 175 Å². The fourth-order valence-corrected chi connectivity index (χ4v) is 4.83. The van der Waals surface area contributed by atoms with Crippen LogP contribution in [0.1, 0.15) is 47.5 Å².